The Labute approximate surface area is 89.7 Å². The number of amides is 1. The van der Waals surface area contributed by atoms with E-state index in [-0.39, 0.29) is 5.91 Å². The third-order valence-corrected chi connectivity index (χ3v) is 3.32. The summed E-state index contributed by atoms with van der Waals surface area (Å²) in [5, 5.41) is 0. The maximum absolute atomic E-state index is 11.8. The summed E-state index contributed by atoms with van der Waals surface area (Å²) in [6, 6.07) is -0.393. The second-order valence-corrected chi connectivity index (χ2v) is 4.65. The molecular formula is C10H18N2OS. The van der Waals surface area contributed by atoms with Crippen LogP contribution in [-0.4, -0.2) is 41.4 Å². The van der Waals surface area contributed by atoms with Gasteiger partial charge in [-0.15, -0.1) is 6.58 Å². The van der Waals surface area contributed by atoms with Crippen LogP contribution in [0.15, 0.2) is 12.7 Å². The van der Waals surface area contributed by atoms with E-state index in [1.54, 1.807) is 6.08 Å². The Morgan fingerprint density at radius 1 is 1.57 bits per heavy atom. The van der Waals surface area contributed by atoms with Gasteiger partial charge >= 0.3 is 0 Å². The van der Waals surface area contributed by atoms with Gasteiger partial charge in [0.15, 0.2) is 0 Å². The van der Waals surface area contributed by atoms with Crippen LogP contribution in [0.4, 0.5) is 0 Å². The Hall–Kier alpha value is -0.480. The molecule has 3 nitrogen and oxygen atoms in total. The highest BCUT2D eigenvalue weighted by Gasteiger charge is 2.20. The average molecular weight is 214 g/mol. The van der Waals surface area contributed by atoms with E-state index in [9.17, 15) is 4.79 Å². The summed E-state index contributed by atoms with van der Waals surface area (Å²) in [5.41, 5.74) is 5.74. The predicted octanol–water partition coefficient (Wildman–Crippen LogP) is 0.855. The molecule has 4 heteroatoms. The first kappa shape index (κ1) is 11.6. The quantitative estimate of drug-likeness (QED) is 0.709. The number of hydrogen-bond donors (Lipinski definition) is 1. The van der Waals surface area contributed by atoms with Crippen molar-refractivity contribution in [2.45, 2.75) is 18.9 Å². The molecule has 1 unspecified atom stereocenters. The molecule has 1 heterocycles. The van der Waals surface area contributed by atoms with Crippen LogP contribution in [0, 0.1) is 0 Å². The predicted molar refractivity (Wildman–Crippen MR) is 61.3 cm³/mol. The first-order chi connectivity index (χ1) is 6.75. The van der Waals surface area contributed by atoms with E-state index in [0.717, 1.165) is 31.0 Å². The lowest BCUT2D eigenvalue weighted by Gasteiger charge is -2.23. The molecule has 2 N–H and O–H groups in total. The van der Waals surface area contributed by atoms with E-state index in [0.29, 0.717) is 6.42 Å². The SMILES string of the molecule is C=CCC(N)C(=O)N1CCCSCC1. The van der Waals surface area contributed by atoms with E-state index in [1.807, 2.05) is 16.7 Å². The van der Waals surface area contributed by atoms with Crippen molar-refractivity contribution in [1.29, 1.82) is 0 Å². The van der Waals surface area contributed by atoms with Gasteiger partial charge in [0, 0.05) is 18.8 Å². The molecule has 0 aromatic rings. The first-order valence-corrected chi connectivity index (χ1v) is 6.14. The zero-order chi connectivity index (χ0) is 10.4. The highest BCUT2D eigenvalue weighted by Crippen LogP contribution is 2.11. The monoisotopic (exact) mass is 214 g/mol. The summed E-state index contributed by atoms with van der Waals surface area (Å²) in [6.45, 7) is 5.29. The average Bonchev–Trinajstić information content (AvgIpc) is 2.45. The van der Waals surface area contributed by atoms with Gasteiger partial charge in [-0.1, -0.05) is 6.08 Å². The summed E-state index contributed by atoms with van der Waals surface area (Å²) in [4.78, 5) is 13.7. The van der Waals surface area contributed by atoms with Crippen LogP contribution in [-0.2, 0) is 4.79 Å². The largest absolute Gasteiger partial charge is 0.340 e. The molecule has 1 atom stereocenters. The van der Waals surface area contributed by atoms with Crippen molar-refractivity contribution in [3.05, 3.63) is 12.7 Å². The highest BCUT2D eigenvalue weighted by molar-refractivity contribution is 7.99. The van der Waals surface area contributed by atoms with Crippen molar-refractivity contribution >= 4 is 17.7 Å². The van der Waals surface area contributed by atoms with E-state index < -0.39 is 6.04 Å². The Kier molecular flexibility index (Phi) is 5.04. The van der Waals surface area contributed by atoms with Crippen molar-refractivity contribution < 1.29 is 4.79 Å². The van der Waals surface area contributed by atoms with Crippen molar-refractivity contribution in [3.8, 4) is 0 Å². The molecule has 1 fully saturated rings. The number of thioether (sulfide) groups is 1. The third-order valence-electron chi connectivity index (χ3n) is 2.27. The van der Waals surface area contributed by atoms with E-state index >= 15 is 0 Å². The van der Waals surface area contributed by atoms with Crippen molar-refractivity contribution in [2.24, 2.45) is 5.73 Å². The molecule has 14 heavy (non-hydrogen) atoms. The number of hydrogen-bond acceptors (Lipinski definition) is 3. The van der Waals surface area contributed by atoms with Crippen molar-refractivity contribution in [1.82, 2.24) is 4.90 Å². The van der Waals surface area contributed by atoms with Crippen LogP contribution in [0.5, 0.6) is 0 Å². The van der Waals surface area contributed by atoms with Crippen LogP contribution >= 0.6 is 11.8 Å². The second kappa shape index (κ2) is 6.09. The van der Waals surface area contributed by atoms with Gasteiger partial charge in [0.1, 0.15) is 0 Å². The van der Waals surface area contributed by atoms with Crippen molar-refractivity contribution in [2.75, 3.05) is 24.6 Å². The Bertz CT molecular complexity index is 200. The molecule has 1 rings (SSSR count). The molecule has 80 valence electrons. The van der Waals surface area contributed by atoms with Crippen LogP contribution in [0.1, 0.15) is 12.8 Å². The van der Waals surface area contributed by atoms with Crippen LogP contribution < -0.4 is 5.73 Å². The molecule has 0 aromatic carbocycles. The summed E-state index contributed by atoms with van der Waals surface area (Å²) >= 11 is 1.91. The molecule has 0 bridgehead atoms. The molecule has 0 saturated carbocycles. The van der Waals surface area contributed by atoms with Crippen LogP contribution in [0.25, 0.3) is 0 Å². The molecule has 0 aliphatic carbocycles. The number of nitrogens with two attached hydrogens (primary N) is 1. The molecular weight excluding hydrogens is 196 g/mol. The van der Waals surface area contributed by atoms with Crippen LogP contribution in [0.2, 0.25) is 0 Å². The van der Waals surface area contributed by atoms with Gasteiger partial charge < -0.3 is 10.6 Å². The van der Waals surface area contributed by atoms with Crippen molar-refractivity contribution in [3.63, 3.8) is 0 Å². The lowest BCUT2D eigenvalue weighted by atomic mass is 10.2. The smallest absolute Gasteiger partial charge is 0.239 e. The Balaban J connectivity index is 2.44. The van der Waals surface area contributed by atoms with Gasteiger partial charge in [-0.05, 0) is 18.6 Å². The minimum Gasteiger partial charge on any atom is -0.340 e. The molecule has 1 saturated heterocycles. The molecule has 1 amide bonds. The summed E-state index contributed by atoms with van der Waals surface area (Å²) in [5.74, 6) is 2.26. The zero-order valence-corrected chi connectivity index (χ0v) is 9.26. The van der Waals surface area contributed by atoms with Gasteiger partial charge in [0.25, 0.3) is 0 Å². The number of carbonyl (C=O) groups is 1. The Morgan fingerprint density at radius 2 is 2.36 bits per heavy atom. The number of rotatable bonds is 3. The van der Waals surface area contributed by atoms with Crippen LogP contribution in [0.3, 0.4) is 0 Å². The van der Waals surface area contributed by atoms with Gasteiger partial charge in [-0.3, -0.25) is 4.79 Å². The van der Waals surface area contributed by atoms with Gasteiger partial charge in [0.2, 0.25) is 5.91 Å². The zero-order valence-electron chi connectivity index (χ0n) is 8.45. The van der Waals surface area contributed by atoms with E-state index in [2.05, 4.69) is 6.58 Å². The molecule has 0 radical (unpaired) electrons. The normalized spacial score (nSPS) is 19.9. The fourth-order valence-electron chi connectivity index (χ4n) is 1.48. The summed E-state index contributed by atoms with van der Waals surface area (Å²) < 4.78 is 0. The summed E-state index contributed by atoms with van der Waals surface area (Å²) in [6.07, 6.45) is 3.36. The fraction of sp³-hybridized carbons (Fsp3) is 0.700. The lowest BCUT2D eigenvalue weighted by Crippen LogP contribution is -2.44. The van der Waals surface area contributed by atoms with E-state index in [4.69, 9.17) is 5.73 Å². The molecule has 0 aromatic heterocycles. The topological polar surface area (TPSA) is 46.3 Å². The van der Waals surface area contributed by atoms with Gasteiger partial charge in [-0.25, -0.2) is 0 Å². The lowest BCUT2D eigenvalue weighted by molar-refractivity contribution is -0.132. The Morgan fingerprint density at radius 3 is 3.07 bits per heavy atom. The van der Waals surface area contributed by atoms with Gasteiger partial charge in [-0.2, -0.15) is 11.8 Å². The molecule has 1 aliphatic rings. The third kappa shape index (κ3) is 3.35. The maximum atomic E-state index is 11.8. The van der Waals surface area contributed by atoms with E-state index in [1.165, 1.54) is 0 Å². The molecule has 0 spiro atoms. The number of carbonyl (C=O) groups excluding carboxylic acids is 1. The highest BCUT2D eigenvalue weighted by atomic mass is 32.2. The summed E-state index contributed by atoms with van der Waals surface area (Å²) in [7, 11) is 0. The maximum Gasteiger partial charge on any atom is 0.239 e. The second-order valence-electron chi connectivity index (χ2n) is 3.42. The van der Waals surface area contributed by atoms with Gasteiger partial charge in [0.05, 0.1) is 6.04 Å². The fourth-order valence-corrected chi connectivity index (χ4v) is 2.37. The molecule has 1 aliphatic heterocycles. The minimum absolute atomic E-state index is 0.0763. The standard InChI is InChI=1S/C10H18N2OS/c1-2-4-9(11)10(13)12-5-3-7-14-8-6-12/h2,9H,1,3-8,11H2. The first-order valence-electron chi connectivity index (χ1n) is 4.98. The minimum atomic E-state index is -0.393. The number of nitrogens with zero attached hydrogens (tertiary/aromatic N) is 1.